The molecule has 2 aromatic rings. The fourth-order valence-electron chi connectivity index (χ4n) is 3.19. The summed E-state index contributed by atoms with van der Waals surface area (Å²) in [5.74, 6) is 0.109. The van der Waals surface area contributed by atoms with Crippen molar-refractivity contribution >= 4 is 11.8 Å². The molecule has 136 valence electrons. The fourth-order valence-corrected chi connectivity index (χ4v) is 3.19. The van der Waals surface area contributed by atoms with Crippen LogP contribution in [0.25, 0.3) is 0 Å². The summed E-state index contributed by atoms with van der Waals surface area (Å²) in [6.45, 7) is 4.58. The standard InChI is InChI=1S/C21H25N3O2/c1-17-6-8-18(9-7-17)10-11-20(25)23-13-4-14-24(16-15-23)21(26)19-5-2-3-12-22-19/h2-3,5-9,12H,4,10-11,13-16H2,1H3. The highest BCUT2D eigenvalue weighted by molar-refractivity contribution is 5.92. The van der Waals surface area contributed by atoms with Gasteiger partial charge < -0.3 is 9.80 Å². The van der Waals surface area contributed by atoms with E-state index in [1.165, 1.54) is 11.1 Å². The lowest BCUT2D eigenvalue weighted by molar-refractivity contribution is -0.131. The van der Waals surface area contributed by atoms with Crippen LogP contribution in [0.5, 0.6) is 0 Å². The molecule has 1 aromatic carbocycles. The second kappa shape index (κ2) is 8.61. The Morgan fingerprint density at radius 3 is 2.42 bits per heavy atom. The zero-order valence-electron chi connectivity index (χ0n) is 15.2. The van der Waals surface area contributed by atoms with Gasteiger partial charge in [0.1, 0.15) is 5.69 Å². The number of aromatic nitrogens is 1. The summed E-state index contributed by atoms with van der Waals surface area (Å²) in [5.41, 5.74) is 2.88. The predicted molar refractivity (Wildman–Crippen MR) is 101 cm³/mol. The molecule has 26 heavy (non-hydrogen) atoms. The first-order valence-corrected chi connectivity index (χ1v) is 9.17. The van der Waals surface area contributed by atoms with Gasteiger partial charge in [0.15, 0.2) is 0 Å². The SMILES string of the molecule is Cc1ccc(CCC(=O)N2CCCN(C(=O)c3ccccn3)CC2)cc1. The molecule has 1 aliphatic rings. The molecule has 1 fully saturated rings. The smallest absolute Gasteiger partial charge is 0.272 e. The number of pyridine rings is 1. The number of hydrogen-bond donors (Lipinski definition) is 0. The Balaban J connectivity index is 1.52. The second-order valence-electron chi connectivity index (χ2n) is 6.73. The Morgan fingerprint density at radius 1 is 0.962 bits per heavy atom. The summed E-state index contributed by atoms with van der Waals surface area (Å²) in [6.07, 6.45) is 3.70. The minimum Gasteiger partial charge on any atom is -0.341 e. The highest BCUT2D eigenvalue weighted by atomic mass is 16.2. The minimum absolute atomic E-state index is 0.0560. The number of rotatable bonds is 4. The van der Waals surface area contributed by atoms with E-state index in [2.05, 4.69) is 36.2 Å². The van der Waals surface area contributed by atoms with Crippen LogP contribution < -0.4 is 0 Å². The molecule has 0 radical (unpaired) electrons. The second-order valence-corrected chi connectivity index (χ2v) is 6.73. The van der Waals surface area contributed by atoms with Crippen LogP contribution in [0.1, 0.15) is 34.5 Å². The largest absolute Gasteiger partial charge is 0.341 e. The first kappa shape index (κ1) is 18.1. The van der Waals surface area contributed by atoms with Gasteiger partial charge in [0, 0.05) is 38.8 Å². The molecule has 0 saturated carbocycles. The van der Waals surface area contributed by atoms with E-state index < -0.39 is 0 Å². The van der Waals surface area contributed by atoms with Crippen molar-refractivity contribution in [2.45, 2.75) is 26.2 Å². The first-order chi connectivity index (χ1) is 12.6. The van der Waals surface area contributed by atoms with Crippen molar-refractivity contribution in [3.8, 4) is 0 Å². The molecule has 0 spiro atoms. The number of hydrogen-bond acceptors (Lipinski definition) is 3. The highest BCUT2D eigenvalue weighted by Gasteiger charge is 2.23. The number of amides is 2. The third kappa shape index (κ3) is 4.69. The quantitative estimate of drug-likeness (QED) is 0.851. The number of aryl methyl sites for hydroxylation is 2. The Morgan fingerprint density at radius 2 is 1.69 bits per heavy atom. The van der Waals surface area contributed by atoms with Crippen LogP contribution >= 0.6 is 0 Å². The molecule has 0 atom stereocenters. The van der Waals surface area contributed by atoms with Gasteiger partial charge in [-0.05, 0) is 37.5 Å². The molecule has 0 aliphatic carbocycles. The summed E-state index contributed by atoms with van der Waals surface area (Å²) in [7, 11) is 0. The van der Waals surface area contributed by atoms with E-state index in [1.807, 2.05) is 11.0 Å². The first-order valence-electron chi connectivity index (χ1n) is 9.17. The van der Waals surface area contributed by atoms with Gasteiger partial charge in [-0.3, -0.25) is 14.6 Å². The summed E-state index contributed by atoms with van der Waals surface area (Å²) in [5, 5.41) is 0. The molecule has 3 rings (SSSR count). The summed E-state index contributed by atoms with van der Waals surface area (Å²) in [6, 6.07) is 13.7. The van der Waals surface area contributed by atoms with E-state index in [1.54, 1.807) is 23.2 Å². The molecule has 2 heterocycles. The Bertz CT molecular complexity index is 744. The number of carbonyl (C=O) groups excluding carboxylic acids is 2. The molecule has 2 amide bonds. The third-order valence-corrected chi connectivity index (χ3v) is 4.77. The molecular formula is C21H25N3O2. The summed E-state index contributed by atoms with van der Waals surface area (Å²) in [4.78, 5) is 32.9. The summed E-state index contributed by atoms with van der Waals surface area (Å²) >= 11 is 0. The van der Waals surface area contributed by atoms with Crippen molar-refractivity contribution in [2.24, 2.45) is 0 Å². The molecule has 1 saturated heterocycles. The van der Waals surface area contributed by atoms with Crippen LogP contribution in [-0.2, 0) is 11.2 Å². The normalized spacial score (nSPS) is 14.8. The van der Waals surface area contributed by atoms with Gasteiger partial charge in [-0.25, -0.2) is 0 Å². The van der Waals surface area contributed by atoms with E-state index in [9.17, 15) is 9.59 Å². The van der Waals surface area contributed by atoms with Crippen molar-refractivity contribution in [2.75, 3.05) is 26.2 Å². The Labute approximate surface area is 154 Å². The maximum absolute atomic E-state index is 12.5. The molecule has 0 unspecified atom stereocenters. The lowest BCUT2D eigenvalue weighted by Crippen LogP contribution is -2.37. The monoisotopic (exact) mass is 351 g/mol. The molecule has 1 aromatic heterocycles. The van der Waals surface area contributed by atoms with Gasteiger partial charge in [-0.1, -0.05) is 35.9 Å². The Kier molecular flexibility index (Phi) is 6.00. The maximum Gasteiger partial charge on any atom is 0.272 e. The van der Waals surface area contributed by atoms with Crippen LogP contribution in [0.3, 0.4) is 0 Å². The summed E-state index contributed by atoms with van der Waals surface area (Å²) < 4.78 is 0. The van der Waals surface area contributed by atoms with E-state index in [-0.39, 0.29) is 11.8 Å². The van der Waals surface area contributed by atoms with Crippen molar-refractivity contribution < 1.29 is 9.59 Å². The zero-order chi connectivity index (χ0) is 18.4. The Hall–Kier alpha value is -2.69. The minimum atomic E-state index is -0.0560. The molecule has 5 heteroatoms. The van der Waals surface area contributed by atoms with Crippen LogP contribution in [0.2, 0.25) is 0 Å². The van der Waals surface area contributed by atoms with E-state index in [4.69, 9.17) is 0 Å². The fraction of sp³-hybridized carbons (Fsp3) is 0.381. The maximum atomic E-state index is 12.5. The number of carbonyl (C=O) groups is 2. The highest BCUT2D eigenvalue weighted by Crippen LogP contribution is 2.11. The van der Waals surface area contributed by atoms with Crippen LogP contribution in [0.15, 0.2) is 48.7 Å². The topological polar surface area (TPSA) is 53.5 Å². The predicted octanol–water partition coefficient (Wildman–Crippen LogP) is 2.70. The van der Waals surface area contributed by atoms with Gasteiger partial charge in [0.05, 0.1) is 0 Å². The third-order valence-electron chi connectivity index (χ3n) is 4.77. The average Bonchev–Trinajstić information content (AvgIpc) is 2.94. The molecular weight excluding hydrogens is 326 g/mol. The van der Waals surface area contributed by atoms with E-state index in [0.29, 0.717) is 38.3 Å². The average molecular weight is 351 g/mol. The van der Waals surface area contributed by atoms with Crippen LogP contribution in [0.4, 0.5) is 0 Å². The number of nitrogens with zero attached hydrogens (tertiary/aromatic N) is 3. The van der Waals surface area contributed by atoms with Gasteiger partial charge in [0.25, 0.3) is 5.91 Å². The number of benzene rings is 1. The lowest BCUT2D eigenvalue weighted by atomic mass is 10.1. The van der Waals surface area contributed by atoms with Crippen LogP contribution in [-0.4, -0.2) is 52.8 Å². The van der Waals surface area contributed by atoms with Crippen LogP contribution in [0, 0.1) is 6.92 Å². The van der Waals surface area contributed by atoms with E-state index >= 15 is 0 Å². The van der Waals surface area contributed by atoms with Gasteiger partial charge in [-0.2, -0.15) is 0 Å². The van der Waals surface area contributed by atoms with Crippen molar-refractivity contribution in [3.05, 3.63) is 65.5 Å². The van der Waals surface area contributed by atoms with Crippen molar-refractivity contribution in [1.29, 1.82) is 0 Å². The molecule has 0 bridgehead atoms. The van der Waals surface area contributed by atoms with Gasteiger partial charge in [-0.15, -0.1) is 0 Å². The molecule has 5 nitrogen and oxygen atoms in total. The van der Waals surface area contributed by atoms with Crippen molar-refractivity contribution in [1.82, 2.24) is 14.8 Å². The van der Waals surface area contributed by atoms with Crippen molar-refractivity contribution in [3.63, 3.8) is 0 Å². The van der Waals surface area contributed by atoms with Gasteiger partial charge in [0.2, 0.25) is 5.91 Å². The molecule has 1 aliphatic heterocycles. The zero-order valence-corrected chi connectivity index (χ0v) is 15.2. The van der Waals surface area contributed by atoms with E-state index in [0.717, 1.165) is 12.8 Å². The molecule has 0 N–H and O–H groups in total. The lowest BCUT2D eigenvalue weighted by Gasteiger charge is -2.22. The van der Waals surface area contributed by atoms with Gasteiger partial charge >= 0.3 is 0 Å².